The van der Waals surface area contributed by atoms with E-state index in [9.17, 15) is 14.0 Å². The average molecular weight is 369 g/mol. The smallest absolute Gasteiger partial charge is 0.321 e. The Morgan fingerprint density at radius 3 is 2.30 bits per heavy atom. The Labute approximate surface area is 158 Å². The van der Waals surface area contributed by atoms with Gasteiger partial charge in [-0.05, 0) is 56.2 Å². The first-order chi connectivity index (χ1) is 13.1. The Morgan fingerprint density at radius 2 is 1.70 bits per heavy atom. The van der Waals surface area contributed by atoms with E-state index < -0.39 is 0 Å². The predicted molar refractivity (Wildman–Crippen MR) is 104 cm³/mol. The van der Waals surface area contributed by atoms with Gasteiger partial charge in [-0.25, -0.2) is 9.18 Å². The minimum absolute atomic E-state index is 0.0345. The van der Waals surface area contributed by atoms with Crippen LogP contribution in [0.2, 0.25) is 0 Å². The number of carbonyl (C=O) groups excluding carboxylic acids is 2. The number of hydrogen-bond donors (Lipinski definition) is 1. The fraction of sp³-hybridized carbons (Fsp3) is 0.333. The van der Waals surface area contributed by atoms with Crippen LogP contribution in [0.1, 0.15) is 19.8 Å². The van der Waals surface area contributed by atoms with Crippen LogP contribution in [-0.2, 0) is 4.79 Å². The first-order valence-corrected chi connectivity index (χ1v) is 9.26. The Morgan fingerprint density at radius 1 is 1.07 bits per heavy atom. The lowest BCUT2D eigenvalue weighted by molar-refractivity contribution is -0.123. The molecule has 3 rings (SSSR count). The maximum absolute atomic E-state index is 13.1. The molecule has 0 aliphatic carbocycles. The normalized spacial score (nSPS) is 14.7. The molecule has 27 heavy (non-hydrogen) atoms. The van der Waals surface area contributed by atoms with E-state index in [0.29, 0.717) is 38.2 Å². The lowest BCUT2D eigenvalue weighted by Crippen LogP contribution is -2.45. The molecule has 0 aromatic heterocycles. The maximum Gasteiger partial charge on any atom is 0.321 e. The molecule has 3 amide bonds. The van der Waals surface area contributed by atoms with Gasteiger partial charge in [0.2, 0.25) is 5.91 Å². The molecule has 6 heteroatoms. The molecule has 0 saturated carbocycles. The molecule has 0 radical (unpaired) electrons. The number of nitrogens with one attached hydrogen (secondary N) is 1. The van der Waals surface area contributed by atoms with Crippen LogP contribution < -0.4 is 10.2 Å². The van der Waals surface area contributed by atoms with Crippen molar-refractivity contribution < 1.29 is 14.0 Å². The van der Waals surface area contributed by atoms with E-state index in [1.165, 1.54) is 12.1 Å². The van der Waals surface area contributed by atoms with Crippen molar-refractivity contribution in [3.05, 3.63) is 60.4 Å². The van der Waals surface area contributed by atoms with Gasteiger partial charge in [0.15, 0.2) is 0 Å². The van der Waals surface area contributed by atoms with Crippen LogP contribution in [0.15, 0.2) is 54.6 Å². The highest BCUT2D eigenvalue weighted by Crippen LogP contribution is 2.24. The quantitative estimate of drug-likeness (QED) is 0.881. The monoisotopic (exact) mass is 369 g/mol. The molecule has 0 unspecified atom stereocenters. The van der Waals surface area contributed by atoms with Gasteiger partial charge in [-0.1, -0.05) is 18.2 Å². The number of carbonyl (C=O) groups is 2. The van der Waals surface area contributed by atoms with Gasteiger partial charge in [0, 0.05) is 36.9 Å². The number of para-hydroxylation sites is 1. The molecule has 1 heterocycles. The highest BCUT2D eigenvalue weighted by Gasteiger charge is 2.30. The fourth-order valence-corrected chi connectivity index (χ4v) is 3.36. The molecule has 1 saturated heterocycles. The Hall–Kier alpha value is -2.89. The van der Waals surface area contributed by atoms with Crippen molar-refractivity contribution in [3.63, 3.8) is 0 Å². The predicted octanol–water partition coefficient (Wildman–Crippen LogP) is 4.12. The molecule has 1 N–H and O–H groups in total. The summed E-state index contributed by atoms with van der Waals surface area (Å²) < 4.78 is 13.1. The third-order valence-electron chi connectivity index (χ3n) is 4.88. The number of hydrogen-bond acceptors (Lipinski definition) is 2. The van der Waals surface area contributed by atoms with Crippen molar-refractivity contribution in [2.75, 3.05) is 29.9 Å². The van der Waals surface area contributed by atoms with Gasteiger partial charge in [-0.15, -0.1) is 0 Å². The van der Waals surface area contributed by atoms with E-state index in [1.54, 1.807) is 21.9 Å². The number of urea groups is 1. The third-order valence-corrected chi connectivity index (χ3v) is 4.88. The van der Waals surface area contributed by atoms with E-state index >= 15 is 0 Å². The van der Waals surface area contributed by atoms with Crippen molar-refractivity contribution in [1.82, 2.24) is 4.90 Å². The summed E-state index contributed by atoms with van der Waals surface area (Å²) in [5.74, 6) is -0.414. The Kier molecular flexibility index (Phi) is 6.06. The molecule has 1 fully saturated rings. The van der Waals surface area contributed by atoms with Crippen LogP contribution in [-0.4, -0.2) is 36.5 Å². The summed E-state index contributed by atoms with van der Waals surface area (Å²) in [6, 6.07) is 15.2. The van der Waals surface area contributed by atoms with Crippen LogP contribution in [0.3, 0.4) is 0 Å². The SMILES string of the molecule is CCN(C(=O)C1CCN(C(=O)Nc2ccccc2)CC1)c1ccc(F)cc1. The van der Waals surface area contributed by atoms with E-state index in [-0.39, 0.29) is 23.7 Å². The number of likely N-dealkylation sites (tertiary alicyclic amines) is 1. The molecule has 5 nitrogen and oxygen atoms in total. The van der Waals surface area contributed by atoms with Crippen LogP contribution in [0, 0.1) is 11.7 Å². The van der Waals surface area contributed by atoms with E-state index in [2.05, 4.69) is 5.32 Å². The first-order valence-electron chi connectivity index (χ1n) is 9.26. The van der Waals surface area contributed by atoms with Crippen LogP contribution in [0.5, 0.6) is 0 Å². The summed E-state index contributed by atoms with van der Waals surface area (Å²) in [6.45, 7) is 3.51. The second-order valence-corrected chi connectivity index (χ2v) is 6.62. The number of rotatable bonds is 4. The van der Waals surface area contributed by atoms with Crippen molar-refractivity contribution in [2.24, 2.45) is 5.92 Å². The van der Waals surface area contributed by atoms with Crippen molar-refractivity contribution in [1.29, 1.82) is 0 Å². The van der Waals surface area contributed by atoms with Crippen LogP contribution in [0.4, 0.5) is 20.6 Å². The number of piperidine rings is 1. The van der Waals surface area contributed by atoms with Gasteiger partial charge in [0.05, 0.1) is 0 Å². The van der Waals surface area contributed by atoms with Gasteiger partial charge in [-0.3, -0.25) is 4.79 Å². The lowest BCUT2D eigenvalue weighted by atomic mass is 9.95. The van der Waals surface area contributed by atoms with Gasteiger partial charge in [-0.2, -0.15) is 0 Å². The highest BCUT2D eigenvalue weighted by molar-refractivity contribution is 5.95. The van der Waals surface area contributed by atoms with Crippen LogP contribution >= 0.6 is 0 Å². The third kappa shape index (κ3) is 4.64. The maximum atomic E-state index is 13.1. The number of anilines is 2. The fourth-order valence-electron chi connectivity index (χ4n) is 3.36. The summed E-state index contributed by atoms with van der Waals surface area (Å²) in [7, 11) is 0. The molecule has 2 aromatic carbocycles. The van der Waals surface area contributed by atoms with Gasteiger partial charge < -0.3 is 15.1 Å². The summed E-state index contributed by atoms with van der Waals surface area (Å²) in [5, 5.41) is 2.88. The largest absolute Gasteiger partial charge is 0.324 e. The Balaban J connectivity index is 1.56. The van der Waals surface area contributed by atoms with Crippen molar-refractivity contribution in [2.45, 2.75) is 19.8 Å². The van der Waals surface area contributed by atoms with Gasteiger partial charge in [0.1, 0.15) is 5.82 Å². The van der Waals surface area contributed by atoms with Crippen molar-refractivity contribution in [3.8, 4) is 0 Å². The summed E-state index contributed by atoms with van der Waals surface area (Å²) in [6.07, 6.45) is 1.25. The van der Waals surface area contributed by atoms with E-state index in [4.69, 9.17) is 0 Å². The van der Waals surface area contributed by atoms with E-state index in [1.807, 2.05) is 37.3 Å². The molecule has 1 aliphatic heterocycles. The summed E-state index contributed by atoms with van der Waals surface area (Å²) in [5.41, 5.74) is 1.46. The van der Waals surface area contributed by atoms with Gasteiger partial charge in [0.25, 0.3) is 0 Å². The van der Waals surface area contributed by atoms with E-state index in [0.717, 1.165) is 5.69 Å². The highest BCUT2D eigenvalue weighted by atomic mass is 19.1. The molecule has 0 atom stereocenters. The number of halogens is 1. The topological polar surface area (TPSA) is 52.7 Å². The second kappa shape index (κ2) is 8.66. The summed E-state index contributed by atoms with van der Waals surface area (Å²) >= 11 is 0. The number of benzene rings is 2. The van der Waals surface area contributed by atoms with Gasteiger partial charge >= 0.3 is 6.03 Å². The molecule has 0 spiro atoms. The molecule has 2 aromatic rings. The zero-order valence-electron chi connectivity index (χ0n) is 15.4. The summed E-state index contributed by atoms with van der Waals surface area (Å²) in [4.78, 5) is 28.7. The second-order valence-electron chi connectivity index (χ2n) is 6.62. The molecular formula is C21H24FN3O2. The zero-order chi connectivity index (χ0) is 19.2. The first kappa shape index (κ1) is 18.9. The number of nitrogens with zero attached hydrogens (tertiary/aromatic N) is 2. The molecule has 1 aliphatic rings. The molecular weight excluding hydrogens is 345 g/mol. The molecule has 142 valence electrons. The van der Waals surface area contributed by atoms with Crippen molar-refractivity contribution >= 4 is 23.3 Å². The zero-order valence-corrected chi connectivity index (χ0v) is 15.4. The van der Waals surface area contributed by atoms with Crippen LogP contribution in [0.25, 0.3) is 0 Å². The lowest BCUT2D eigenvalue weighted by Gasteiger charge is -2.34. The average Bonchev–Trinajstić information content (AvgIpc) is 2.70. The standard InChI is InChI=1S/C21H24FN3O2/c1-2-25(19-10-8-17(22)9-11-19)20(26)16-12-14-24(15-13-16)21(27)23-18-6-4-3-5-7-18/h3-11,16H,2,12-15H2,1H3,(H,23,27). The Bertz CT molecular complexity index is 772. The molecule has 0 bridgehead atoms. The minimum atomic E-state index is -0.319. The number of amides is 3. The minimum Gasteiger partial charge on any atom is -0.324 e.